The minimum absolute atomic E-state index is 0.00362. The summed E-state index contributed by atoms with van der Waals surface area (Å²) in [4.78, 5) is 18.1. The Morgan fingerprint density at radius 3 is 2.66 bits per heavy atom. The maximum absolute atomic E-state index is 13.2. The van der Waals surface area contributed by atoms with Gasteiger partial charge in [0.1, 0.15) is 19.0 Å². The molecule has 1 aliphatic heterocycles. The second-order valence-corrected chi connectivity index (χ2v) is 7.80. The molecule has 0 bridgehead atoms. The maximum Gasteiger partial charge on any atom is 0.256 e. The molecule has 32 heavy (non-hydrogen) atoms. The molecule has 2 aromatic heterocycles. The Morgan fingerprint density at radius 2 is 1.88 bits per heavy atom. The van der Waals surface area contributed by atoms with Gasteiger partial charge >= 0.3 is 0 Å². The van der Waals surface area contributed by atoms with Crippen LogP contribution in [-0.4, -0.2) is 39.0 Å². The number of nitrogens with zero attached hydrogens (tertiary/aromatic N) is 3. The highest BCUT2D eigenvalue weighted by atomic mass is 16.6. The van der Waals surface area contributed by atoms with Gasteiger partial charge in [-0.2, -0.15) is 5.10 Å². The van der Waals surface area contributed by atoms with Crippen LogP contribution in [0.1, 0.15) is 30.2 Å². The number of aromatic hydroxyl groups is 1. The molecule has 2 N–H and O–H groups in total. The number of hydrogen-bond acceptors (Lipinski definition) is 6. The Balaban J connectivity index is 1.64. The van der Waals surface area contributed by atoms with Crippen LogP contribution < -0.4 is 14.8 Å². The Hall–Kier alpha value is -4.07. The molecule has 1 amide bonds. The zero-order valence-electron chi connectivity index (χ0n) is 17.7. The summed E-state index contributed by atoms with van der Waals surface area (Å²) in [6, 6.07) is 14.0. The van der Waals surface area contributed by atoms with Crippen LogP contribution in [0.5, 0.6) is 17.2 Å². The quantitative estimate of drug-likeness (QED) is 0.466. The Kier molecular flexibility index (Phi) is 4.89. The van der Waals surface area contributed by atoms with Gasteiger partial charge < -0.3 is 19.9 Å². The Morgan fingerprint density at radius 1 is 1.09 bits per heavy atom. The number of benzene rings is 2. The van der Waals surface area contributed by atoms with Gasteiger partial charge in [-0.05, 0) is 50.2 Å². The summed E-state index contributed by atoms with van der Waals surface area (Å²) in [7, 11) is 0. The second kappa shape index (κ2) is 7.88. The van der Waals surface area contributed by atoms with Crippen molar-refractivity contribution in [1.82, 2.24) is 14.8 Å². The second-order valence-electron chi connectivity index (χ2n) is 7.80. The molecule has 0 spiro atoms. The van der Waals surface area contributed by atoms with Gasteiger partial charge in [0.05, 0.1) is 28.5 Å². The van der Waals surface area contributed by atoms with E-state index in [1.807, 2.05) is 32.0 Å². The van der Waals surface area contributed by atoms with Crippen LogP contribution in [0.2, 0.25) is 0 Å². The van der Waals surface area contributed by atoms with Gasteiger partial charge in [-0.1, -0.05) is 12.1 Å². The summed E-state index contributed by atoms with van der Waals surface area (Å²) in [6.45, 7) is 5.01. The van der Waals surface area contributed by atoms with E-state index in [9.17, 15) is 9.90 Å². The summed E-state index contributed by atoms with van der Waals surface area (Å²) in [5.74, 6) is 0.969. The molecular weight excluding hydrogens is 408 g/mol. The standard InChI is InChI=1S/C24H22N4O4/c1-14(2)28-23-17(13-25-28)16(24(30)27-18-5-3-4-6-20(18)29)12-19(26-23)15-7-8-21-22(11-15)32-10-9-31-21/h3-8,11-14,29H,9-10H2,1-2H3,(H,27,30). The number of phenols is 1. The van der Waals surface area contributed by atoms with Crippen molar-refractivity contribution in [3.8, 4) is 28.5 Å². The molecule has 1 aliphatic rings. The number of amides is 1. The Labute approximate surface area is 184 Å². The minimum Gasteiger partial charge on any atom is -0.506 e. The van der Waals surface area contributed by atoms with Gasteiger partial charge in [0.25, 0.3) is 5.91 Å². The number of aromatic nitrogens is 3. The molecule has 0 saturated heterocycles. The fourth-order valence-corrected chi connectivity index (χ4v) is 3.70. The van der Waals surface area contributed by atoms with Crippen LogP contribution in [-0.2, 0) is 0 Å². The molecule has 2 aromatic carbocycles. The molecule has 0 fully saturated rings. The number of hydrogen-bond donors (Lipinski definition) is 2. The van der Waals surface area contributed by atoms with Gasteiger partial charge in [-0.15, -0.1) is 0 Å². The van der Waals surface area contributed by atoms with Gasteiger partial charge in [-0.3, -0.25) is 4.79 Å². The number of nitrogens with one attached hydrogen (secondary N) is 1. The average molecular weight is 430 g/mol. The van der Waals surface area contributed by atoms with Crippen molar-refractivity contribution in [2.45, 2.75) is 19.9 Å². The molecule has 4 aromatic rings. The first-order valence-electron chi connectivity index (χ1n) is 10.4. The van der Waals surface area contributed by atoms with Crippen LogP contribution in [0.4, 0.5) is 5.69 Å². The van der Waals surface area contributed by atoms with Gasteiger partial charge in [0.2, 0.25) is 0 Å². The average Bonchev–Trinajstić information content (AvgIpc) is 3.24. The fraction of sp³-hybridized carbons (Fsp3) is 0.208. The van der Waals surface area contributed by atoms with E-state index in [2.05, 4.69) is 10.4 Å². The van der Waals surface area contributed by atoms with Crippen LogP contribution >= 0.6 is 0 Å². The SMILES string of the molecule is CC(C)n1ncc2c(C(=O)Nc3ccccc3O)cc(-c3ccc4c(c3)OCCO4)nc21. The van der Waals surface area contributed by atoms with Crippen LogP contribution in [0.25, 0.3) is 22.3 Å². The van der Waals surface area contributed by atoms with E-state index < -0.39 is 0 Å². The van der Waals surface area contributed by atoms with Gasteiger partial charge in [0, 0.05) is 11.6 Å². The predicted molar refractivity (Wildman–Crippen MR) is 120 cm³/mol. The van der Waals surface area contributed by atoms with Gasteiger partial charge in [0.15, 0.2) is 17.1 Å². The van der Waals surface area contributed by atoms with Crippen molar-refractivity contribution in [3.63, 3.8) is 0 Å². The van der Waals surface area contributed by atoms with Crippen LogP contribution in [0.3, 0.4) is 0 Å². The van der Waals surface area contributed by atoms with Crippen LogP contribution in [0.15, 0.2) is 54.7 Å². The van der Waals surface area contributed by atoms with Gasteiger partial charge in [-0.25, -0.2) is 9.67 Å². The summed E-state index contributed by atoms with van der Waals surface area (Å²) in [6.07, 6.45) is 1.65. The van der Waals surface area contributed by atoms with E-state index in [-0.39, 0.29) is 17.7 Å². The number of carbonyl (C=O) groups excluding carboxylic acids is 1. The number of ether oxygens (including phenoxy) is 2. The van der Waals surface area contributed by atoms with E-state index >= 15 is 0 Å². The normalized spacial score (nSPS) is 12.8. The van der Waals surface area contributed by atoms with E-state index in [0.29, 0.717) is 52.7 Å². The fourth-order valence-electron chi connectivity index (χ4n) is 3.70. The molecule has 8 heteroatoms. The molecule has 8 nitrogen and oxygen atoms in total. The van der Waals surface area contributed by atoms with Crippen molar-refractivity contribution in [3.05, 3.63) is 60.3 Å². The highest BCUT2D eigenvalue weighted by Gasteiger charge is 2.20. The van der Waals surface area contributed by atoms with E-state index in [1.165, 1.54) is 6.07 Å². The summed E-state index contributed by atoms with van der Waals surface area (Å²) < 4.78 is 13.1. The maximum atomic E-state index is 13.2. The minimum atomic E-state index is -0.360. The highest BCUT2D eigenvalue weighted by Crippen LogP contribution is 2.35. The zero-order valence-corrected chi connectivity index (χ0v) is 17.7. The third-order valence-electron chi connectivity index (χ3n) is 5.29. The highest BCUT2D eigenvalue weighted by molar-refractivity contribution is 6.13. The molecule has 0 unspecified atom stereocenters. The number of fused-ring (bicyclic) bond motifs is 2. The zero-order chi connectivity index (χ0) is 22.2. The van der Waals surface area contributed by atoms with Crippen molar-refractivity contribution in [1.29, 1.82) is 0 Å². The predicted octanol–water partition coefficient (Wildman–Crippen LogP) is 4.41. The van der Waals surface area contributed by atoms with Crippen molar-refractivity contribution < 1.29 is 19.4 Å². The lowest BCUT2D eigenvalue weighted by atomic mass is 10.1. The first-order valence-corrected chi connectivity index (χ1v) is 10.4. The molecule has 162 valence electrons. The van der Waals surface area contributed by atoms with E-state index in [1.54, 1.807) is 35.1 Å². The molecule has 0 atom stereocenters. The first kappa shape index (κ1) is 19.9. The Bertz CT molecular complexity index is 1330. The molecule has 3 heterocycles. The van der Waals surface area contributed by atoms with Crippen LogP contribution in [0, 0.1) is 0 Å². The molecule has 0 aliphatic carbocycles. The molecular formula is C24H22N4O4. The smallest absolute Gasteiger partial charge is 0.256 e. The molecule has 0 saturated carbocycles. The largest absolute Gasteiger partial charge is 0.506 e. The van der Waals surface area contributed by atoms with Crippen molar-refractivity contribution in [2.24, 2.45) is 0 Å². The summed E-state index contributed by atoms with van der Waals surface area (Å²) in [5.41, 5.74) is 2.76. The monoisotopic (exact) mass is 430 g/mol. The lowest BCUT2D eigenvalue weighted by molar-refractivity contribution is 0.102. The number of anilines is 1. The topological polar surface area (TPSA) is 98.5 Å². The number of pyridine rings is 1. The summed E-state index contributed by atoms with van der Waals surface area (Å²) >= 11 is 0. The number of carbonyl (C=O) groups is 1. The first-order chi connectivity index (χ1) is 15.5. The van der Waals surface area contributed by atoms with E-state index in [0.717, 1.165) is 5.56 Å². The third kappa shape index (κ3) is 3.49. The molecule has 5 rings (SSSR count). The number of rotatable bonds is 4. The molecule has 0 radical (unpaired) electrons. The summed E-state index contributed by atoms with van der Waals surface area (Å²) in [5, 5.41) is 17.9. The lowest BCUT2D eigenvalue weighted by Gasteiger charge is -2.19. The van der Waals surface area contributed by atoms with Crippen molar-refractivity contribution >= 4 is 22.6 Å². The lowest BCUT2D eigenvalue weighted by Crippen LogP contribution is -2.15. The third-order valence-corrected chi connectivity index (χ3v) is 5.29. The van der Waals surface area contributed by atoms with E-state index in [4.69, 9.17) is 14.5 Å². The number of phenolic OH excluding ortho intramolecular Hbond substituents is 1. The number of para-hydroxylation sites is 2. The van der Waals surface area contributed by atoms with Crippen molar-refractivity contribution in [2.75, 3.05) is 18.5 Å².